The minimum atomic E-state index is 0.215. The Kier molecular flexibility index (Phi) is 5.62. The number of benzene rings is 2. The van der Waals surface area contributed by atoms with Gasteiger partial charge in [-0.2, -0.15) is 4.98 Å². The fourth-order valence-corrected chi connectivity index (χ4v) is 3.10. The van der Waals surface area contributed by atoms with Gasteiger partial charge in [-0.3, -0.25) is 0 Å². The van der Waals surface area contributed by atoms with Crippen molar-refractivity contribution < 1.29 is 0 Å². The van der Waals surface area contributed by atoms with E-state index in [1.165, 1.54) is 11.1 Å². The Morgan fingerprint density at radius 2 is 1.64 bits per heavy atom. The lowest BCUT2D eigenvalue weighted by atomic mass is 10.0. The number of aromatic nitrogens is 2. The first kappa shape index (κ1) is 17.0. The average Bonchev–Trinajstić information content (AvgIpc) is 2.66. The van der Waals surface area contributed by atoms with E-state index < -0.39 is 0 Å². The molecule has 4 heteroatoms. The van der Waals surface area contributed by atoms with E-state index in [0.717, 1.165) is 19.4 Å². The molecule has 0 radical (unpaired) electrons. The number of anilines is 2. The maximum absolute atomic E-state index is 5.91. The third-order valence-electron chi connectivity index (χ3n) is 4.35. The van der Waals surface area contributed by atoms with Crippen LogP contribution in [0.1, 0.15) is 30.5 Å². The summed E-state index contributed by atoms with van der Waals surface area (Å²) in [5.41, 5.74) is 8.48. The summed E-state index contributed by atoms with van der Waals surface area (Å²) in [6, 6.07) is 23.0. The summed E-state index contributed by atoms with van der Waals surface area (Å²) in [6.45, 7) is 3.03. The summed E-state index contributed by atoms with van der Waals surface area (Å²) in [4.78, 5) is 11.2. The zero-order valence-electron chi connectivity index (χ0n) is 14.5. The molecule has 1 aromatic heterocycles. The van der Waals surface area contributed by atoms with Crippen LogP contribution in [-0.4, -0.2) is 16.5 Å². The molecule has 0 unspecified atom stereocenters. The number of nitrogen functional groups attached to an aromatic ring is 1. The second-order valence-corrected chi connectivity index (χ2v) is 6.05. The van der Waals surface area contributed by atoms with Crippen LogP contribution in [-0.2, 0) is 6.42 Å². The van der Waals surface area contributed by atoms with E-state index in [-0.39, 0.29) is 6.04 Å². The van der Waals surface area contributed by atoms with E-state index in [9.17, 15) is 0 Å². The average molecular weight is 332 g/mol. The lowest BCUT2D eigenvalue weighted by Crippen LogP contribution is -2.32. The quantitative estimate of drug-likeness (QED) is 0.702. The molecule has 4 nitrogen and oxygen atoms in total. The molecule has 25 heavy (non-hydrogen) atoms. The molecule has 0 spiro atoms. The SMILES string of the molecule is CC[C@H](c1ccccc1)N(CCc1ccccc1)c1nccc(N)n1. The first-order chi connectivity index (χ1) is 12.3. The highest BCUT2D eigenvalue weighted by Crippen LogP contribution is 2.28. The largest absolute Gasteiger partial charge is 0.384 e. The summed E-state index contributed by atoms with van der Waals surface area (Å²) in [5, 5.41) is 0. The van der Waals surface area contributed by atoms with Gasteiger partial charge in [0.2, 0.25) is 5.95 Å². The minimum Gasteiger partial charge on any atom is -0.384 e. The smallest absolute Gasteiger partial charge is 0.227 e. The Balaban J connectivity index is 1.90. The molecule has 0 aliphatic carbocycles. The van der Waals surface area contributed by atoms with Crippen molar-refractivity contribution in [3.63, 3.8) is 0 Å². The number of nitrogens with zero attached hydrogens (tertiary/aromatic N) is 3. The van der Waals surface area contributed by atoms with Crippen molar-refractivity contribution in [2.24, 2.45) is 0 Å². The van der Waals surface area contributed by atoms with Crippen molar-refractivity contribution in [3.8, 4) is 0 Å². The van der Waals surface area contributed by atoms with Crippen LogP contribution >= 0.6 is 0 Å². The number of rotatable bonds is 7. The summed E-state index contributed by atoms with van der Waals surface area (Å²) < 4.78 is 0. The predicted octanol–water partition coefficient (Wildman–Crippen LogP) is 4.26. The Hall–Kier alpha value is -2.88. The van der Waals surface area contributed by atoms with Gasteiger partial charge in [0.15, 0.2) is 0 Å². The molecule has 2 N–H and O–H groups in total. The molecule has 3 rings (SSSR count). The highest BCUT2D eigenvalue weighted by atomic mass is 15.3. The van der Waals surface area contributed by atoms with Gasteiger partial charge < -0.3 is 10.6 Å². The second kappa shape index (κ2) is 8.29. The molecule has 0 aliphatic heterocycles. The normalized spacial score (nSPS) is 11.9. The zero-order valence-corrected chi connectivity index (χ0v) is 14.5. The number of nitrogens with two attached hydrogens (primary N) is 1. The Morgan fingerprint density at radius 3 is 2.28 bits per heavy atom. The first-order valence-electron chi connectivity index (χ1n) is 8.72. The van der Waals surface area contributed by atoms with Gasteiger partial charge in [0, 0.05) is 12.7 Å². The van der Waals surface area contributed by atoms with Crippen molar-refractivity contribution in [1.29, 1.82) is 0 Å². The Labute approximate surface area is 149 Å². The second-order valence-electron chi connectivity index (χ2n) is 6.05. The molecular weight excluding hydrogens is 308 g/mol. The third kappa shape index (κ3) is 4.35. The van der Waals surface area contributed by atoms with Crippen molar-refractivity contribution in [1.82, 2.24) is 9.97 Å². The van der Waals surface area contributed by atoms with Gasteiger partial charge in [-0.1, -0.05) is 67.6 Å². The summed E-state index contributed by atoms with van der Waals surface area (Å²) in [5.74, 6) is 1.18. The lowest BCUT2D eigenvalue weighted by molar-refractivity contribution is 0.587. The molecule has 0 bridgehead atoms. The zero-order chi connectivity index (χ0) is 17.5. The molecule has 0 saturated heterocycles. The van der Waals surface area contributed by atoms with Crippen LogP contribution in [0.5, 0.6) is 0 Å². The molecule has 1 atom stereocenters. The molecule has 0 saturated carbocycles. The molecule has 128 valence electrons. The highest BCUT2D eigenvalue weighted by Gasteiger charge is 2.21. The standard InChI is InChI=1S/C21H24N4/c1-2-19(18-11-7-4-8-12-18)25(21-23-15-13-20(22)24-21)16-14-17-9-5-3-6-10-17/h3-13,15,19H,2,14,16H2,1H3,(H2,22,23,24)/t19-/m1/s1. The maximum atomic E-state index is 5.91. The Bertz CT molecular complexity index is 774. The number of hydrogen-bond acceptors (Lipinski definition) is 4. The van der Waals surface area contributed by atoms with E-state index >= 15 is 0 Å². The fraction of sp³-hybridized carbons (Fsp3) is 0.238. The third-order valence-corrected chi connectivity index (χ3v) is 4.35. The Morgan fingerprint density at radius 1 is 0.960 bits per heavy atom. The topological polar surface area (TPSA) is 55.0 Å². The summed E-state index contributed by atoms with van der Waals surface area (Å²) in [7, 11) is 0. The predicted molar refractivity (Wildman–Crippen MR) is 103 cm³/mol. The van der Waals surface area contributed by atoms with E-state index in [1.54, 1.807) is 12.3 Å². The highest BCUT2D eigenvalue weighted by molar-refractivity contribution is 5.41. The molecular formula is C21H24N4. The van der Waals surface area contributed by atoms with Crippen LogP contribution in [0.2, 0.25) is 0 Å². The van der Waals surface area contributed by atoms with Gasteiger partial charge >= 0.3 is 0 Å². The van der Waals surface area contributed by atoms with Crippen LogP contribution in [0.15, 0.2) is 72.9 Å². The van der Waals surface area contributed by atoms with E-state index in [2.05, 4.69) is 70.3 Å². The van der Waals surface area contributed by atoms with Crippen LogP contribution in [0.3, 0.4) is 0 Å². The molecule has 0 amide bonds. The molecule has 1 heterocycles. The van der Waals surface area contributed by atoms with Crippen molar-refractivity contribution >= 4 is 11.8 Å². The van der Waals surface area contributed by atoms with Gasteiger partial charge in [-0.15, -0.1) is 0 Å². The molecule has 0 fully saturated rings. The summed E-state index contributed by atoms with van der Waals surface area (Å²) in [6.07, 6.45) is 3.63. The molecule has 3 aromatic rings. The van der Waals surface area contributed by atoms with Crippen molar-refractivity contribution in [2.75, 3.05) is 17.2 Å². The fourth-order valence-electron chi connectivity index (χ4n) is 3.10. The molecule has 2 aromatic carbocycles. The van der Waals surface area contributed by atoms with Gasteiger partial charge in [0.25, 0.3) is 0 Å². The van der Waals surface area contributed by atoms with Crippen LogP contribution in [0.25, 0.3) is 0 Å². The van der Waals surface area contributed by atoms with Crippen LogP contribution in [0.4, 0.5) is 11.8 Å². The first-order valence-corrected chi connectivity index (χ1v) is 8.72. The number of hydrogen-bond donors (Lipinski definition) is 1. The molecule has 0 aliphatic rings. The van der Waals surface area contributed by atoms with Gasteiger partial charge in [-0.25, -0.2) is 4.98 Å². The van der Waals surface area contributed by atoms with E-state index in [0.29, 0.717) is 11.8 Å². The van der Waals surface area contributed by atoms with E-state index in [4.69, 9.17) is 5.73 Å². The van der Waals surface area contributed by atoms with Crippen molar-refractivity contribution in [2.45, 2.75) is 25.8 Å². The van der Waals surface area contributed by atoms with Crippen molar-refractivity contribution in [3.05, 3.63) is 84.1 Å². The van der Waals surface area contributed by atoms with Crippen LogP contribution < -0.4 is 10.6 Å². The van der Waals surface area contributed by atoms with Gasteiger partial charge in [0.05, 0.1) is 6.04 Å². The van der Waals surface area contributed by atoms with Crippen LogP contribution in [0, 0.1) is 0 Å². The monoisotopic (exact) mass is 332 g/mol. The van der Waals surface area contributed by atoms with E-state index in [1.807, 2.05) is 12.1 Å². The minimum absolute atomic E-state index is 0.215. The van der Waals surface area contributed by atoms with Gasteiger partial charge in [0.1, 0.15) is 5.82 Å². The lowest BCUT2D eigenvalue weighted by Gasteiger charge is -2.32. The summed E-state index contributed by atoms with van der Waals surface area (Å²) >= 11 is 0. The van der Waals surface area contributed by atoms with Gasteiger partial charge in [-0.05, 0) is 30.0 Å². The maximum Gasteiger partial charge on any atom is 0.227 e.